The lowest BCUT2D eigenvalue weighted by molar-refractivity contribution is 0.619. The van der Waals surface area contributed by atoms with Gasteiger partial charge in [-0.1, -0.05) is 48.5 Å². The van der Waals surface area contributed by atoms with Gasteiger partial charge in [-0.15, -0.1) is 11.3 Å². The summed E-state index contributed by atoms with van der Waals surface area (Å²) in [6.45, 7) is 0. The predicted octanol–water partition coefficient (Wildman–Crippen LogP) is 12.2. The molecule has 0 bridgehead atoms. The molecular formula is C43H26N4O2S. The largest absolute Gasteiger partial charge is 0.436 e. The Hall–Kier alpha value is -6.57. The molecule has 0 saturated carbocycles. The van der Waals surface area contributed by atoms with E-state index < -0.39 is 0 Å². The SMILES string of the molecule is c1ccc2oc(-c3ccc(N(c4ccc(-c5ccc6c(c5)sc5cnccc56)cc4)c4ccc(-c5nc6ccccc6o5)cc4)cc3)nc2c1. The van der Waals surface area contributed by atoms with Crippen LogP contribution in [0.3, 0.4) is 0 Å². The first-order valence-corrected chi connectivity index (χ1v) is 17.1. The number of fused-ring (bicyclic) bond motifs is 5. The number of nitrogens with zero attached hydrogens (tertiary/aromatic N) is 4. The van der Waals surface area contributed by atoms with Crippen LogP contribution >= 0.6 is 11.3 Å². The average Bonchev–Trinajstić information content (AvgIpc) is 3.91. The lowest BCUT2D eigenvalue weighted by Crippen LogP contribution is -2.09. The van der Waals surface area contributed by atoms with Crippen LogP contribution in [-0.4, -0.2) is 15.0 Å². The van der Waals surface area contributed by atoms with Crippen LogP contribution in [0.5, 0.6) is 0 Å². The van der Waals surface area contributed by atoms with E-state index in [0.29, 0.717) is 11.8 Å². The third-order valence-electron chi connectivity index (χ3n) is 9.07. The van der Waals surface area contributed by atoms with Crippen molar-refractivity contribution in [2.75, 3.05) is 4.90 Å². The van der Waals surface area contributed by atoms with Crippen LogP contribution < -0.4 is 4.90 Å². The molecular weight excluding hydrogens is 637 g/mol. The fraction of sp³-hybridized carbons (Fsp3) is 0. The predicted molar refractivity (Wildman–Crippen MR) is 203 cm³/mol. The minimum absolute atomic E-state index is 0.600. The number of rotatable bonds is 6. The highest BCUT2D eigenvalue weighted by atomic mass is 32.1. The minimum atomic E-state index is 0.600. The van der Waals surface area contributed by atoms with Crippen LogP contribution in [0.4, 0.5) is 17.1 Å². The van der Waals surface area contributed by atoms with Crippen LogP contribution in [0.2, 0.25) is 0 Å². The Labute approximate surface area is 290 Å². The summed E-state index contributed by atoms with van der Waals surface area (Å²) in [5.41, 5.74) is 10.5. The van der Waals surface area contributed by atoms with Crippen molar-refractivity contribution in [3.63, 3.8) is 0 Å². The fourth-order valence-corrected chi connectivity index (χ4v) is 7.67. The first-order chi connectivity index (χ1) is 24.7. The Bertz CT molecular complexity index is 2630. The molecule has 0 atom stereocenters. The number of thiophene rings is 1. The van der Waals surface area contributed by atoms with Gasteiger partial charge < -0.3 is 13.7 Å². The van der Waals surface area contributed by atoms with Crippen LogP contribution in [0.25, 0.3) is 76.4 Å². The summed E-state index contributed by atoms with van der Waals surface area (Å²) in [5, 5.41) is 2.52. The number of anilines is 3. The van der Waals surface area contributed by atoms with Crippen molar-refractivity contribution in [1.82, 2.24) is 15.0 Å². The lowest BCUT2D eigenvalue weighted by Gasteiger charge is -2.26. The molecule has 4 aromatic heterocycles. The third kappa shape index (κ3) is 4.91. The maximum absolute atomic E-state index is 6.06. The number of hydrogen-bond acceptors (Lipinski definition) is 7. The van der Waals surface area contributed by atoms with E-state index >= 15 is 0 Å². The van der Waals surface area contributed by atoms with Gasteiger partial charge in [-0.05, 0) is 108 Å². The zero-order valence-corrected chi connectivity index (χ0v) is 27.3. The second-order valence-electron chi connectivity index (χ2n) is 12.1. The molecule has 10 rings (SSSR count). The first kappa shape index (κ1) is 28.4. The molecule has 0 spiro atoms. The zero-order valence-electron chi connectivity index (χ0n) is 26.5. The second kappa shape index (κ2) is 11.5. The fourth-order valence-electron chi connectivity index (χ4n) is 6.56. The van der Waals surface area contributed by atoms with Gasteiger partial charge in [0.1, 0.15) is 11.0 Å². The van der Waals surface area contributed by atoms with Crippen molar-refractivity contribution in [2.45, 2.75) is 0 Å². The summed E-state index contributed by atoms with van der Waals surface area (Å²) < 4.78 is 14.6. The van der Waals surface area contributed by atoms with Gasteiger partial charge in [0.15, 0.2) is 11.2 Å². The maximum atomic E-state index is 6.06. The molecule has 0 unspecified atom stereocenters. The number of oxazole rings is 2. The lowest BCUT2D eigenvalue weighted by atomic mass is 10.0. The summed E-state index contributed by atoms with van der Waals surface area (Å²) in [5.74, 6) is 1.20. The molecule has 0 amide bonds. The Kier molecular flexibility index (Phi) is 6.57. The molecule has 7 heteroatoms. The van der Waals surface area contributed by atoms with E-state index in [1.54, 1.807) is 11.3 Å². The van der Waals surface area contributed by atoms with Crippen molar-refractivity contribution in [3.05, 3.63) is 158 Å². The second-order valence-corrected chi connectivity index (χ2v) is 13.2. The summed E-state index contributed by atoms with van der Waals surface area (Å²) in [4.78, 5) is 16.0. The standard InChI is InChI=1S/C43H26N4O2S/c1-3-7-38-36(5-1)45-42(48-38)28-11-18-32(19-12-28)47(33-20-13-29(14-21-33)43-46-37-6-2-4-8-39(37)49-43)31-16-9-27(10-17-31)30-15-22-34-35-23-24-44-26-41(35)50-40(34)25-30/h1-26H. The van der Waals surface area contributed by atoms with Crippen molar-refractivity contribution < 1.29 is 8.83 Å². The molecule has 0 radical (unpaired) electrons. The summed E-state index contributed by atoms with van der Waals surface area (Å²) >= 11 is 1.78. The van der Waals surface area contributed by atoms with Crippen molar-refractivity contribution >= 4 is 70.8 Å². The maximum Gasteiger partial charge on any atom is 0.227 e. The first-order valence-electron chi connectivity index (χ1n) is 16.3. The number of pyridine rings is 1. The highest BCUT2D eigenvalue weighted by Crippen LogP contribution is 2.40. The average molecular weight is 663 g/mol. The number of para-hydroxylation sites is 4. The van der Waals surface area contributed by atoms with Crippen LogP contribution in [-0.2, 0) is 0 Å². The third-order valence-corrected chi connectivity index (χ3v) is 10.2. The topological polar surface area (TPSA) is 68.2 Å². The van der Waals surface area contributed by atoms with E-state index in [1.807, 2.05) is 60.9 Å². The molecule has 6 aromatic carbocycles. The molecule has 0 aliphatic heterocycles. The highest BCUT2D eigenvalue weighted by molar-refractivity contribution is 7.25. The van der Waals surface area contributed by atoms with Crippen LogP contribution in [0, 0.1) is 0 Å². The molecule has 0 aliphatic rings. The van der Waals surface area contributed by atoms with Crippen LogP contribution in [0.1, 0.15) is 0 Å². The van der Waals surface area contributed by atoms with Gasteiger partial charge in [0.05, 0.1) is 4.70 Å². The molecule has 0 saturated heterocycles. The monoisotopic (exact) mass is 662 g/mol. The van der Waals surface area contributed by atoms with Gasteiger partial charge in [0.25, 0.3) is 0 Å². The molecule has 50 heavy (non-hydrogen) atoms. The van der Waals surface area contributed by atoms with Gasteiger partial charge in [-0.25, -0.2) is 9.97 Å². The Morgan fingerprint density at radius 2 is 0.960 bits per heavy atom. The van der Waals surface area contributed by atoms with E-state index in [9.17, 15) is 0 Å². The van der Waals surface area contributed by atoms with Gasteiger partial charge in [0.2, 0.25) is 11.8 Å². The Morgan fingerprint density at radius 1 is 0.460 bits per heavy atom. The summed E-state index contributed by atoms with van der Waals surface area (Å²) in [6.07, 6.45) is 3.81. The Balaban J connectivity index is 1.02. The molecule has 4 heterocycles. The van der Waals surface area contributed by atoms with Crippen LogP contribution in [0.15, 0.2) is 167 Å². The van der Waals surface area contributed by atoms with Gasteiger partial charge in [-0.2, -0.15) is 0 Å². The van der Waals surface area contributed by atoms with E-state index in [0.717, 1.165) is 56.0 Å². The minimum Gasteiger partial charge on any atom is -0.436 e. The highest BCUT2D eigenvalue weighted by Gasteiger charge is 2.16. The Morgan fingerprint density at radius 3 is 1.52 bits per heavy atom. The van der Waals surface area contributed by atoms with Gasteiger partial charge in [-0.3, -0.25) is 4.98 Å². The van der Waals surface area contributed by atoms with Crippen molar-refractivity contribution in [2.24, 2.45) is 0 Å². The number of hydrogen-bond donors (Lipinski definition) is 0. The van der Waals surface area contributed by atoms with E-state index in [1.165, 1.54) is 25.7 Å². The molecule has 0 N–H and O–H groups in total. The van der Waals surface area contributed by atoms with Crippen molar-refractivity contribution in [3.8, 4) is 34.0 Å². The molecule has 236 valence electrons. The van der Waals surface area contributed by atoms with Gasteiger partial charge >= 0.3 is 0 Å². The molecule has 10 aromatic rings. The van der Waals surface area contributed by atoms with E-state index in [2.05, 4.69) is 107 Å². The molecule has 0 aliphatic carbocycles. The number of aromatic nitrogens is 3. The van der Waals surface area contributed by atoms with Gasteiger partial charge in [0, 0.05) is 56.1 Å². The number of benzene rings is 6. The molecule has 0 fully saturated rings. The summed E-state index contributed by atoms with van der Waals surface area (Å²) in [6, 6.07) is 49.9. The van der Waals surface area contributed by atoms with E-state index in [4.69, 9.17) is 18.8 Å². The van der Waals surface area contributed by atoms with E-state index in [-0.39, 0.29) is 0 Å². The summed E-state index contributed by atoms with van der Waals surface area (Å²) in [7, 11) is 0. The normalized spacial score (nSPS) is 11.6. The van der Waals surface area contributed by atoms with Crippen molar-refractivity contribution in [1.29, 1.82) is 0 Å². The quantitative estimate of drug-likeness (QED) is 0.176. The smallest absolute Gasteiger partial charge is 0.227 e. The zero-order chi connectivity index (χ0) is 33.0. The molecule has 6 nitrogen and oxygen atoms in total.